The van der Waals surface area contributed by atoms with Crippen LogP contribution in [0.2, 0.25) is 0 Å². The summed E-state index contributed by atoms with van der Waals surface area (Å²) in [6, 6.07) is 2.24. The minimum absolute atomic E-state index is 0.251. The fraction of sp³-hybridized carbons (Fsp3) is 0.714. The van der Waals surface area contributed by atoms with Gasteiger partial charge in [-0.05, 0) is 68.6 Å². The molecular formula is C14H24N2S. The van der Waals surface area contributed by atoms with Gasteiger partial charge in [0.2, 0.25) is 0 Å². The van der Waals surface area contributed by atoms with Gasteiger partial charge in [0.15, 0.2) is 0 Å². The highest BCUT2D eigenvalue weighted by Crippen LogP contribution is 2.19. The Bertz CT molecular complexity index is 326. The standard InChI is InChI=1S/C14H24N2S/c1-14(2,3)15-8-12-4-6-16(9-12)10-13-5-7-17-11-13/h5,7,11-12,15H,4,6,8-10H2,1-3H3. The molecule has 2 rings (SSSR count). The molecule has 1 N–H and O–H groups in total. The van der Waals surface area contributed by atoms with Crippen LogP contribution < -0.4 is 5.32 Å². The molecule has 0 aromatic carbocycles. The van der Waals surface area contributed by atoms with Gasteiger partial charge in [-0.3, -0.25) is 4.90 Å². The molecule has 1 aromatic rings. The van der Waals surface area contributed by atoms with E-state index in [0.717, 1.165) is 19.0 Å². The molecule has 0 bridgehead atoms. The zero-order valence-corrected chi connectivity index (χ0v) is 12.0. The number of nitrogens with one attached hydrogen (secondary N) is 1. The molecule has 1 aliphatic heterocycles. The van der Waals surface area contributed by atoms with E-state index in [2.05, 4.69) is 47.8 Å². The van der Waals surface area contributed by atoms with Crippen molar-refractivity contribution in [1.29, 1.82) is 0 Å². The van der Waals surface area contributed by atoms with Crippen molar-refractivity contribution < 1.29 is 0 Å². The first-order chi connectivity index (χ1) is 8.03. The maximum Gasteiger partial charge on any atom is 0.0242 e. The van der Waals surface area contributed by atoms with Gasteiger partial charge in [0, 0.05) is 18.6 Å². The third-order valence-corrected chi connectivity index (χ3v) is 4.01. The van der Waals surface area contributed by atoms with Gasteiger partial charge >= 0.3 is 0 Å². The summed E-state index contributed by atoms with van der Waals surface area (Å²) >= 11 is 1.80. The molecule has 0 saturated carbocycles. The van der Waals surface area contributed by atoms with Gasteiger partial charge < -0.3 is 5.32 Å². The van der Waals surface area contributed by atoms with E-state index in [0.29, 0.717) is 0 Å². The molecule has 1 saturated heterocycles. The van der Waals surface area contributed by atoms with Crippen molar-refractivity contribution in [3.8, 4) is 0 Å². The minimum Gasteiger partial charge on any atom is -0.312 e. The lowest BCUT2D eigenvalue weighted by Crippen LogP contribution is -2.39. The summed E-state index contributed by atoms with van der Waals surface area (Å²) < 4.78 is 0. The fourth-order valence-corrected chi connectivity index (χ4v) is 2.97. The first-order valence-electron chi connectivity index (χ1n) is 6.51. The molecule has 0 radical (unpaired) electrons. The molecule has 0 aliphatic carbocycles. The lowest BCUT2D eigenvalue weighted by atomic mass is 10.1. The summed E-state index contributed by atoms with van der Waals surface area (Å²) in [5, 5.41) is 8.05. The van der Waals surface area contributed by atoms with Crippen LogP contribution >= 0.6 is 11.3 Å². The number of rotatable bonds is 4. The van der Waals surface area contributed by atoms with Crippen LogP contribution in [0, 0.1) is 5.92 Å². The predicted octanol–water partition coefficient (Wildman–Crippen LogP) is 2.96. The van der Waals surface area contributed by atoms with Crippen molar-refractivity contribution in [3.05, 3.63) is 22.4 Å². The molecule has 1 aromatic heterocycles. The summed E-state index contributed by atoms with van der Waals surface area (Å²) in [7, 11) is 0. The number of thiophene rings is 1. The van der Waals surface area contributed by atoms with E-state index in [-0.39, 0.29) is 5.54 Å². The van der Waals surface area contributed by atoms with Crippen LogP contribution in [0.1, 0.15) is 32.8 Å². The van der Waals surface area contributed by atoms with Gasteiger partial charge in [-0.2, -0.15) is 11.3 Å². The summed E-state index contributed by atoms with van der Waals surface area (Å²) in [5.41, 5.74) is 1.72. The molecule has 1 unspecified atom stereocenters. The Morgan fingerprint density at radius 3 is 2.94 bits per heavy atom. The number of hydrogen-bond donors (Lipinski definition) is 1. The Kier molecular flexibility index (Phi) is 4.23. The molecule has 2 heterocycles. The van der Waals surface area contributed by atoms with Gasteiger partial charge in [0.05, 0.1) is 0 Å². The summed E-state index contributed by atoms with van der Waals surface area (Å²) in [5.74, 6) is 0.827. The molecule has 96 valence electrons. The third-order valence-electron chi connectivity index (χ3n) is 3.28. The quantitative estimate of drug-likeness (QED) is 0.886. The van der Waals surface area contributed by atoms with E-state index in [1.54, 1.807) is 11.3 Å². The van der Waals surface area contributed by atoms with E-state index in [1.165, 1.54) is 25.1 Å². The smallest absolute Gasteiger partial charge is 0.0242 e. The lowest BCUT2D eigenvalue weighted by molar-refractivity contribution is 0.305. The van der Waals surface area contributed by atoms with Gasteiger partial charge in [0.25, 0.3) is 0 Å². The Balaban J connectivity index is 1.72. The molecule has 1 fully saturated rings. The summed E-state index contributed by atoms with van der Waals surface area (Å²) in [4.78, 5) is 2.58. The van der Waals surface area contributed by atoms with Gasteiger partial charge in [-0.1, -0.05) is 0 Å². The van der Waals surface area contributed by atoms with Crippen molar-refractivity contribution in [2.45, 2.75) is 39.3 Å². The molecule has 1 aliphatic rings. The van der Waals surface area contributed by atoms with Gasteiger partial charge in [-0.15, -0.1) is 0 Å². The summed E-state index contributed by atoms with van der Waals surface area (Å²) in [6.07, 6.45) is 1.34. The zero-order valence-electron chi connectivity index (χ0n) is 11.2. The highest BCUT2D eigenvalue weighted by Gasteiger charge is 2.23. The van der Waals surface area contributed by atoms with Crippen LogP contribution in [0.5, 0.6) is 0 Å². The predicted molar refractivity (Wildman–Crippen MR) is 75.5 cm³/mol. The second kappa shape index (κ2) is 5.51. The van der Waals surface area contributed by atoms with E-state index >= 15 is 0 Å². The molecular weight excluding hydrogens is 228 g/mol. The number of nitrogens with zero attached hydrogens (tertiary/aromatic N) is 1. The van der Waals surface area contributed by atoms with E-state index in [9.17, 15) is 0 Å². The maximum atomic E-state index is 3.62. The van der Waals surface area contributed by atoms with Crippen molar-refractivity contribution in [2.24, 2.45) is 5.92 Å². The zero-order chi connectivity index (χ0) is 12.3. The fourth-order valence-electron chi connectivity index (χ4n) is 2.31. The van der Waals surface area contributed by atoms with Crippen LogP contribution in [0.4, 0.5) is 0 Å². The SMILES string of the molecule is CC(C)(C)NCC1CCN(Cc2ccsc2)C1. The second-order valence-corrected chi connectivity index (χ2v) is 6.93. The average molecular weight is 252 g/mol. The van der Waals surface area contributed by atoms with E-state index < -0.39 is 0 Å². The highest BCUT2D eigenvalue weighted by atomic mass is 32.1. The molecule has 3 heteroatoms. The highest BCUT2D eigenvalue weighted by molar-refractivity contribution is 7.07. The summed E-state index contributed by atoms with van der Waals surface area (Å²) in [6.45, 7) is 11.5. The first-order valence-corrected chi connectivity index (χ1v) is 7.46. The van der Waals surface area contributed by atoms with Crippen LogP contribution in [0.15, 0.2) is 16.8 Å². The van der Waals surface area contributed by atoms with Crippen LogP contribution in [-0.2, 0) is 6.54 Å². The molecule has 0 amide bonds. The normalized spacial score (nSPS) is 22.2. The van der Waals surface area contributed by atoms with Crippen LogP contribution in [-0.4, -0.2) is 30.1 Å². The molecule has 0 spiro atoms. The Morgan fingerprint density at radius 1 is 1.47 bits per heavy atom. The van der Waals surface area contributed by atoms with Gasteiger partial charge in [0.1, 0.15) is 0 Å². The van der Waals surface area contributed by atoms with E-state index in [1.807, 2.05) is 0 Å². The van der Waals surface area contributed by atoms with Crippen molar-refractivity contribution >= 4 is 11.3 Å². The van der Waals surface area contributed by atoms with Crippen LogP contribution in [0.3, 0.4) is 0 Å². The van der Waals surface area contributed by atoms with Crippen molar-refractivity contribution in [2.75, 3.05) is 19.6 Å². The van der Waals surface area contributed by atoms with Crippen molar-refractivity contribution in [1.82, 2.24) is 10.2 Å². The van der Waals surface area contributed by atoms with Crippen LogP contribution in [0.25, 0.3) is 0 Å². The minimum atomic E-state index is 0.251. The largest absolute Gasteiger partial charge is 0.312 e. The molecule has 17 heavy (non-hydrogen) atoms. The number of likely N-dealkylation sites (tertiary alicyclic amines) is 1. The monoisotopic (exact) mass is 252 g/mol. The lowest BCUT2D eigenvalue weighted by Gasteiger charge is -2.23. The molecule has 2 nitrogen and oxygen atoms in total. The Hall–Kier alpha value is -0.380. The third kappa shape index (κ3) is 4.41. The van der Waals surface area contributed by atoms with Crippen molar-refractivity contribution in [3.63, 3.8) is 0 Å². The maximum absolute atomic E-state index is 3.62. The van der Waals surface area contributed by atoms with Gasteiger partial charge in [-0.25, -0.2) is 0 Å². The Labute approximate surface area is 109 Å². The topological polar surface area (TPSA) is 15.3 Å². The Morgan fingerprint density at radius 2 is 2.29 bits per heavy atom. The second-order valence-electron chi connectivity index (χ2n) is 6.15. The first kappa shape index (κ1) is 13.1. The van der Waals surface area contributed by atoms with E-state index in [4.69, 9.17) is 0 Å². The number of hydrogen-bond acceptors (Lipinski definition) is 3. The molecule has 1 atom stereocenters. The average Bonchev–Trinajstić information content (AvgIpc) is 2.86.